The lowest BCUT2D eigenvalue weighted by Crippen LogP contribution is -2.14. The van der Waals surface area contributed by atoms with Crippen LogP contribution in [0.4, 0.5) is 5.69 Å². The van der Waals surface area contributed by atoms with E-state index < -0.39 is 16.0 Å². The van der Waals surface area contributed by atoms with Crippen LogP contribution < -0.4 is 4.72 Å². The zero-order valence-corrected chi connectivity index (χ0v) is 11.7. The van der Waals surface area contributed by atoms with E-state index in [1.807, 2.05) is 0 Å². The maximum atomic E-state index is 12.1. The molecule has 1 heterocycles. The number of carboxylic acid groups (broad SMARTS) is 1. The van der Waals surface area contributed by atoms with E-state index in [4.69, 9.17) is 5.11 Å². The molecule has 0 atom stereocenters. The normalized spacial score (nSPS) is 11.3. The number of rotatable bonds is 4. The van der Waals surface area contributed by atoms with E-state index in [-0.39, 0.29) is 16.1 Å². The number of nitrogens with zero attached hydrogens (tertiary/aromatic N) is 2. The Morgan fingerprint density at radius 1 is 1.40 bits per heavy atom. The molecule has 0 bridgehead atoms. The van der Waals surface area contributed by atoms with Crippen molar-refractivity contribution in [3.63, 3.8) is 0 Å². The Kier molecular flexibility index (Phi) is 3.49. The second-order valence-electron chi connectivity index (χ2n) is 4.29. The molecule has 1 aromatic heterocycles. The van der Waals surface area contributed by atoms with E-state index in [2.05, 4.69) is 9.82 Å². The number of carbonyl (C=O) groups is 1. The van der Waals surface area contributed by atoms with Gasteiger partial charge in [0.05, 0.1) is 17.4 Å². The molecule has 2 rings (SSSR count). The van der Waals surface area contributed by atoms with Crippen molar-refractivity contribution in [3.05, 3.63) is 41.7 Å². The zero-order valence-electron chi connectivity index (χ0n) is 10.9. The van der Waals surface area contributed by atoms with E-state index in [9.17, 15) is 13.2 Å². The quantitative estimate of drug-likeness (QED) is 0.883. The van der Waals surface area contributed by atoms with E-state index in [1.165, 1.54) is 29.2 Å². The Bertz CT molecular complexity index is 765. The summed E-state index contributed by atoms with van der Waals surface area (Å²) >= 11 is 0. The van der Waals surface area contributed by atoms with Gasteiger partial charge in [0.15, 0.2) is 0 Å². The minimum Gasteiger partial charge on any atom is -0.478 e. The first kappa shape index (κ1) is 14.1. The lowest BCUT2D eigenvalue weighted by molar-refractivity contribution is 0.0697. The molecular formula is C12H13N3O4S. The molecule has 0 aliphatic carbocycles. The van der Waals surface area contributed by atoms with E-state index in [1.54, 1.807) is 20.0 Å². The first-order valence-corrected chi connectivity index (χ1v) is 7.13. The van der Waals surface area contributed by atoms with Crippen molar-refractivity contribution in [2.24, 2.45) is 7.05 Å². The molecule has 1 aromatic carbocycles. The number of nitrogens with one attached hydrogen (secondary N) is 1. The summed E-state index contributed by atoms with van der Waals surface area (Å²) in [5.74, 6) is -1.12. The van der Waals surface area contributed by atoms with Gasteiger partial charge in [-0.25, -0.2) is 13.2 Å². The highest BCUT2D eigenvalue weighted by Crippen LogP contribution is 2.21. The predicted molar refractivity (Wildman–Crippen MR) is 72.2 cm³/mol. The highest BCUT2D eigenvalue weighted by Gasteiger charge is 2.18. The van der Waals surface area contributed by atoms with Crippen molar-refractivity contribution >= 4 is 21.7 Å². The van der Waals surface area contributed by atoms with Crippen LogP contribution in [0.5, 0.6) is 0 Å². The zero-order chi connectivity index (χ0) is 14.9. The highest BCUT2D eigenvalue weighted by molar-refractivity contribution is 7.92. The first-order valence-electron chi connectivity index (χ1n) is 5.65. The van der Waals surface area contributed by atoms with Crippen LogP contribution in [0.2, 0.25) is 0 Å². The standard InChI is InChI=1S/C12H13N3O4S/c1-8-3-4-9(12(16)17)5-11(8)14-20(18,19)10-6-13-15(2)7-10/h3-7,14H,1-2H3,(H,16,17). The fraction of sp³-hybridized carbons (Fsp3) is 0.167. The molecule has 8 heteroatoms. The Labute approximate surface area is 115 Å². The van der Waals surface area contributed by atoms with Crippen LogP contribution in [0.15, 0.2) is 35.5 Å². The number of anilines is 1. The molecule has 0 spiro atoms. The Morgan fingerprint density at radius 3 is 2.65 bits per heavy atom. The van der Waals surface area contributed by atoms with E-state index in [0.29, 0.717) is 5.56 Å². The second kappa shape index (κ2) is 4.97. The molecule has 2 N–H and O–H groups in total. The molecule has 0 saturated heterocycles. The average molecular weight is 295 g/mol. The monoisotopic (exact) mass is 295 g/mol. The average Bonchev–Trinajstić information content (AvgIpc) is 2.79. The number of sulfonamides is 1. The van der Waals surface area contributed by atoms with Crippen molar-refractivity contribution in [3.8, 4) is 0 Å². The molecule has 106 valence electrons. The van der Waals surface area contributed by atoms with Gasteiger partial charge >= 0.3 is 5.97 Å². The van der Waals surface area contributed by atoms with E-state index >= 15 is 0 Å². The number of aryl methyl sites for hydroxylation is 2. The number of hydrogen-bond donors (Lipinski definition) is 2. The summed E-state index contributed by atoms with van der Waals surface area (Å²) in [6.45, 7) is 1.69. The second-order valence-corrected chi connectivity index (χ2v) is 5.97. The third-order valence-electron chi connectivity index (χ3n) is 2.72. The Balaban J connectivity index is 2.39. The van der Waals surface area contributed by atoms with Gasteiger partial charge < -0.3 is 5.11 Å². The van der Waals surface area contributed by atoms with Crippen LogP contribution in [0.1, 0.15) is 15.9 Å². The van der Waals surface area contributed by atoms with Gasteiger partial charge in [-0.05, 0) is 24.6 Å². The number of aromatic nitrogens is 2. The third kappa shape index (κ3) is 2.80. The van der Waals surface area contributed by atoms with Crippen molar-refractivity contribution < 1.29 is 18.3 Å². The molecule has 0 fully saturated rings. The lowest BCUT2D eigenvalue weighted by Gasteiger charge is -2.10. The van der Waals surface area contributed by atoms with Crippen molar-refractivity contribution in [1.82, 2.24) is 9.78 Å². The fourth-order valence-electron chi connectivity index (χ4n) is 1.61. The molecule has 0 saturated carbocycles. The summed E-state index contributed by atoms with van der Waals surface area (Å²) in [6, 6.07) is 4.25. The summed E-state index contributed by atoms with van der Waals surface area (Å²) in [4.78, 5) is 10.9. The van der Waals surface area contributed by atoms with Gasteiger partial charge in [-0.2, -0.15) is 5.10 Å². The number of benzene rings is 1. The van der Waals surface area contributed by atoms with Crippen LogP contribution in [0, 0.1) is 6.92 Å². The van der Waals surface area contributed by atoms with Gasteiger partial charge in [-0.1, -0.05) is 6.07 Å². The van der Waals surface area contributed by atoms with Gasteiger partial charge in [-0.3, -0.25) is 9.40 Å². The van der Waals surface area contributed by atoms with Crippen molar-refractivity contribution in [2.75, 3.05) is 4.72 Å². The van der Waals surface area contributed by atoms with Gasteiger partial charge in [0, 0.05) is 13.2 Å². The molecule has 2 aromatic rings. The molecule has 0 amide bonds. The minimum atomic E-state index is -3.78. The van der Waals surface area contributed by atoms with Crippen LogP contribution in [0.3, 0.4) is 0 Å². The lowest BCUT2D eigenvalue weighted by atomic mass is 10.1. The molecule has 0 unspecified atom stereocenters. The van der Waals surface area contributed by atoms with Crippen molar-refractivity contribution in [1.29, 1.82) is 0 Å². The molecule has 0 radical (unpaired) electrons. The molecule has 0 aliphatic heterocycles. The first-order chi connectivity index (χ1) is 9.29. The summed E-state index contributed by atoms with van der Waals surface area (Å²) < 4.78 is 28.0. The summed E-state index contributed by atoms with van der Waals surface area (Å²) in [5.41, 5.74) is 0.871. The number of hydrogen-bond acceptors (Lipinski definition) is 4. The van der Waals surface area contributed by atoms with Crippen LogP contribution in [-0.4, -0.2) is 29.3 Å². The van der Waals surface area contributed by atoms with Crippen LogP contribution in [0.25, 0.3) is 0 Å². The highest BCUT2D eigenvalue weighted by atomic mass is 32.2. The number of carboxylic acids is 1. The van der Waals surface area contributed by atoms with Crippen molar-refractivity contribution in [2.45, 2.75) is 11.8 Å². The maximum absolute atomic E-state index is 12.1. The Morgan fingerprint density at radius 2 is 2.10 bits per heavy atom. The number of aromatic carboxylic acids is 1. The van der Waals surface area contributed by atoms with Gasteiger partial charge in [0.1, 0.15) is 4.90 Å². The smallest absolute Gasteiger partial charge is 0.335 e. The Hall–Kier alpha value is -2.35. The van der Waals surface area contributed by atoms with Crippen LogP contribution >= 0.6 is 0 Å². The van der Waals surface area contributed by atoms with Gasteiger partial charge in [0.25, 0.3) is 10.0 Å². The largest absolute Gasteiger partial charge is 0.478 e. The van der Waals surface area contributed by atoms with Crippen LogP contribution in [-0.2, 0) is 17.1 Å². The summed E-state index contributed by atoms with van der Waals surface area (Å²) in [7, 11) is -2.18. The predicted octanol–water partition coefficient (Wildman–Crippen LogP) is 1.23. The van der Waals surface area contributed by atoms with Gasteiger partial charge in [-0.15, -0.1) is 0 Å². The molecule has 7 nitrogen and oxygen atoms in total. The van der Waals surface area contributed by atoms with E-state index in [0.717, 1.165) is 0 Å². The maximum Gasteiger partial charge on any atom is 0.335 e. The fourth-order valence-corrected chi connectivity index (χ4v) is 2.71. The third-order valence-corrected chi connectivity index (χ3v) is 4.04. The summed E-state index contributed by atoms with van der Waals surface area (Å²) in [5, 5.41) is 12.7. The van der Waals surface area contributed by atoms with Gasteiger partial charge in [0.2, 0.25) is 0 Å². The molecule has 20 heavy (non-hydrogen) atoms. The molecular weight excluding hydrogens is 282 g/mol. The minimum absolute atomic E-state index is 0.0134. The molecule has 0 aliphatic rings. The summed E-state index contributed by atoms with van der Waals surface area (Å²) in [6.07, 6.45) is 2.58. The SMILES string of the molecule is Cc1ccc(C(=O)O)cc1NS(=O)(=O)c1cnn(C)c1. The topological polar surface area (TPSA) is 101 Å².